The van der Waals surface area contributed by atoms with Crippen molar-refractivity contribution < 1.29 is 0 Å². The Balaban J connectivity index is -0.00000124. The summed E-state index contributed by atoms with van der Waals surface area (Å²) in [7, 11) is 3.00. The summed E-state index contributed by atoms with van der Waals surface area (Å²) < 4.78 is 0. The Labute approximate surface area is 224 Å². The Morgan fingerprint density at radius 3 is 2.03 bits per heavy atom. The predicted molar refractivity (Wildman–Crippen MR) is 167 cm³/mol. The highest BCUT2D eigenvalue weighted by Crippen LogP contribution is 2.33. The molecule has 0 spiro atoms. The van der Waals surface area contributed by atoms with E-state index in [9.17, 15) is 0 Å². The normalized spacial score (nSPS) is 14.1. The van der Waals surface area contributed by atoms with E-state index in [1.54, 1.807) is 0 Å². The van der Waals surface area contributed by atoms with E-state index in [1.165, 1.54) is 30.8 Å². The molecule has 4 nitrogen and oxygen atoms in total. The molecule has 1 atom stereocenters. The molecule has 204 valence electrons. The van der Waals surface area contributed by atoms with Gasteiger partial charge >= 0.3 is 0 Å². The van der Waals surface area contributed by atoms with E-state index in [-0.39, 0.29) is 6.04 Å². The van der Waals surface area contributed by atoms with Crippen LogP contribution in [0.2, 0.25) is 0 Å². The largest absolute Gasteiger partial charge is 0.377 e. The molecule has 0 radical (unpaired) electrons. The van der Waals surface area contributed by atoms with Crippen LogP contribution in [0.4, 0.5) is 0 Å². The van der Waals surface area contributed by atoms with E-state index >= 15 is 0 Å². The zero-order valence-electron chi connectivity index (χ0n) is 25.3. The Morgan fingerprint density at radius 1 is 1.00 bits per heavy atom. The van der Waals surface area contributed by atoms with Gasteiger partial charge in [0.2, 0.25) is 0 Å². The summed E-state index contributed by atoms with van der Waals surface area (Å²) in [4.78, 5) is 4.81. The second-order valence-corrected chi connectivity index (χ2v) is 7.77. The lowest BCUT2D eigenvalue weighted by atomic mass is 10.0. The fourth-order valence-electron chi connectivity index (χ4n) is 3.36. The number of nitrogens with two attached hydrogens (primary N) is 2. The van der Waals surface area contributed by atoms with Crippen LogP contribution >= 0.6 is 0 Å². The van der Waals surface area contributed by atoms with Gasteiger partial charge in [-0.05, 0) is 89.4 Å². The molecule has 0 unspecified atom stereocenters. The molecule has 4 heteroatoms. The summed E-state index contributed by atoms with van der Waals surface area (Å²) in [5.41, 5.74) is 19.0. The number of aryl methyl sites for hydroxylation is 1. The molecule has 1 aliphatic carbocycles. The number of aliphatic imine (C=N–C) groups is 1. The SMILES string of the molecule is C=C(N[C@H]1CCc2cc(C(=C)C)ccc21)C(/C=C(\C)C(=C)C)=N\C(C)=C\CC.CC.CC.CN.CN. The third-order valence-corrected chi connectivity index (χ3v) is 5.19. The second kappa shape index (κ2) is 22.8. The first-order chi connectivity index (χ1) is 17.2. The number of hydrogen-bond acceptors (Lipinski definition) is 4. The van der Waals surface area contributed by atoms with E-state index in [0.29, 0.717) is 0 Å². The molecule has 0 amide bonds. The lowest BCUT2D eigenvalue weighted by molar-refractivity contribution is 0.607. The van der Waals surface area contributed by atoms with Crippen molar-refractivity contribution in [2.75, 3.05) is 14.1 Å². The van der Waals surface area contributed by atoms with Crippen molar-refractivity contribution in [2.45, 2.75) is 87.6 Å². The zero-order chi connectivity index (χ0) is 28.8. The van der Waals surface area contributed by atoms with Crippen LogP contribution in [0.5, 0.6) is 0 Å². The number of fused-ring (bicyclic) bond motifs is 1. The molecule has 1 aromatic carbocycles. The Kier molecular flexibility index (Phi) is 23.9. The number of hydrogen-bond donors (Lipinski definition) is 3. The highest BCUT2D eigenvalue weighted by atomic mass is 15.0. The topological polar surface area (TPSA) is 76.4 Å². The fraction of sp³-hybridized carbons (Fsp3) is 0.469. The molecule has 1 aromatic rings. The Bertz CT molecular complexity index is 885. The summed E-state index contributed by atoms with van der Waals surface area (Å²) in [6.45, 7) is 30.7. The fourth-order valence-corrected chi connectivity index (χ4v) is 3.36. The third-order valence-electron chi connectivity index (χ3n) is 5.19. The van der Waals surface area contributed by atoms with Gasteiger partial charge in [-0.1, -0.05) is 89.8 Å². The minimum Gasteiger partial charge on any atom is -0.377 e. The van der Waals surface area contributed by atoms with Gasteiger partial charge in [-0.25, -0.2) is 0 Å². The first kappa shape index (κ1) is 37.9. The molecule has 0 aliphatic heterocycles. The van der Waals surface area contributed by atoms with Crippen LogP contribution in [0.1, 0.15) is 97.9 Å². The van der Waals surface area contributed by atoms with Crippen molar-refractivity contribution in [2.24, 2.45) is 16.5 Å². The van der Waals surface area contributed by atoms with Gasteiger partial charge in [0.25, 0.3) is 0 Å². The first-order valence-electron chi connectivity index (χ1n) is 13.2. The van der Waals surface area contributed by atoms with Crippen LogP contribution in [-0.2, 0) is 6.42 Å². The highest BCUT2D eigenvalue weighted by molar-refractivity contribution is 6.08. The smallest absolute Gasteiger partial charge is 0.0860 e. The molecule has 1 aliphatic rings. The molecule has 0 saturated carbocycles. The van der Waals surface area contributed by atoms with Gasteiger partial charge in [0, 0.05) is 5.70 Å². The zero-order valence-corrected chi connectivity index (χ0v) is 25.3. The molecular weight excluding hydrogens is 440 g/mol. The van der Waals surface area contributed by atoms with Crippen molar-refractivity contribution in [3.05, 3.63) is 89.3 Å². The molecule has 0 fully saturated rings. The number of allylic oxidation sites excluding steroid dienone is 6. The van der Waals surface area contributed by atoms with Crippen molar-refractivity contribution in [3.8, 4) is 0 Å². The van der Waals surface area contributed by atoms with Gasteiger partial charge < -0.3 is 16.8 Å². The van der Waals surface area contributed by atoms with Crippen LogP contribution in [0, 0.1) is 0 Å². The quantitative estimate of drug-likeness (QED) is 0.250. The minimum atomic E-state index is 0.265. The predicted octanol–water partition coefficient (Wildman–Crippen LogP) is 8.29. The van der Waals surface area contributed by atoms with Crippen molar-refractivity contribution >= 4 is 11.3 Å². The van der Waals surface area contributed by atoms with E-state index < -0.39 is 0 Å². The van der Waals surface area contributed by atoms with Gasteiger partial charge in [-0.15, -0.1) is 0 Å². The molecular formula is C32H56N4. The van der Waals surface area contributed by atoms with Gasteiger partial charge in [-0.2, -0.15) is 0 Å². The van der Waals surface area contributed by atoms with Crippen LogP contribution in [-0.4, -0.2) is 19.8 Å². The maximum atomic E-state index is 4.81. The summed E-state index contributed by atoms with van der Waals surface area (Å²) in [5, 5.41) is 3.63. The standard InChI is InChI=1S/C26H34N2.2C2H6.2CH5N/c1-9-10-20(7)27-26(15-19(6)17(2)3)21(8)28-25-14-12-23-16-22(18(4)5)11-13-24(23)25;4*1-2/h10-11,13,15-16,25,28H,2,4,8-9,12,14H2,1,3,5-7H3;2*1-2H3;2*2H2,1H3/b19-15+,20-10+,27-26-;;;;/t25-;;;;/m0..../s1. The average Bonchev–Trinajstić information content (AvgIpc) is 3.30. The first-order valence-corrected chi connectivity index (χ1v) is 13.2. The third kappa shape index (κ3) is 13.4. The van der Waals surface area contributed by atoms with E-state index in [2.05, 4.69) is 87.6 Å². The summed E-state index contributed by atoms with van der Waals surface area (Å²) in [6.07, 6.45) is 7.30. The monoisotopic (exact) mass is 496 g/mol. The maximum absolute atomic E-state index is 4.81. The van der Waals surface area contributed by atoms with E-state index in [4.69, 9.17) is 4.99 Å². The molecule has 0 heterocycles. The van der Waals surface area contributed by atoms with Crippen LogP contribution in [0.25, 0.3) is 5.57 Å². The molecule has 5 N–H and O–H groups in total. The molecule has 36 heavy (non-hydrogen) atoms. The molecule has 0 bridgehead atoms. The lowest BCUT2D eigenvalue weighted by Crippen LogP contribution is -2.23. The van der Waals surface area contributed by atoms with Gasteiger partial charge in [0.1, 0.15) is 0 Å². The van der Waals surface area contributed by atoms with Crippen LogP contribution in [0.3, 0.4) is 0 Å². The Hall–Kier alpha value is -2.69. The number of benzene rings is 1. The van der Waals surface area contributed by atoms with Crippen molar-refractivity contribution in [3.63, 3.8) is 0 Å². The Morgan fingerprint density at radius 2 is 1.56 bits per heavy atom. The molecule has 0 saturated heterocycles. The summed E-state index contributed by atoms with van der Waals surface area (Å²) in [6, 6.07) is 6.93. The van der Waals surface area contributed by atoms with Crippen LogP contribution in [0.15, 0.2) is 77.6 Å². The van der Waals surface area contributed by atoms with E-state index in [1.807, 2.05) is 41.5 Å². The molecule has 2 rings (SSSR count). The molecule has 0 aromatic heterocycles. The van der Waals surface area contributed by atoms with Gasteiger partial charge in [0.15, 0.2) is 0 Å². The summed E-state index contributed by atoms with van der Waals surface area (Å²) in [5.74, 6) is 0. The lowest BCUT2D eigenvalue weighted by Gasteiger charge is -2.19. The average molecular weight is 497 g/mol. The second-order valence-electron chi connectivity index (χ2n) is 7.77. The van der Waals surface area contributed by atoms with Gasteiger partial charge in [-0.3, -0.25) is 4.99 Å². The van der Waals surface area contributed by atoms with Crippen molar-refractivity contribution in [1.82, 2.24) is 5.32 Å². The van der Waals surface area contributed by atoms with Crippen molar-refractivity contribution in [1.29, 1.82) is 0 Å². The van der Waals surface area contributed by atoms with E-state index in [0.717, 1.165) is 53.1 Å². The van der Waals surface area contributed by atoms with Gasteiger partial charge in [0.05, 0.1) is 17.5 Å². The van der Waals surface area contributed by atoms with Crippen LogP contribution < -0.4 is 16.8 Å². The number of rotatable bonds is 8. The number of nitrogens with one attached hydrogen (secondary N) is 1. The summed E-state index contributed by atoms with van der Waals surface area (Å²) >= 11 is 0. The number of nitrogens with zero attached hydrogens (tertiary/aromatic N) is 1. The maximum Gasteiger partial charge on any atom is 0.0860 e. The minimum absolute atomic E-state index is 0.265. The highest BCUT2D eigenvalue weighted by Gasteiger charge is 2.23.